The number of nitrogen functional groups attached to an aromatic ring is 1. The van der Waals surface area contributed by atoms with Crippen molar-refractivity contribution < 1.29 is 4.79 Å². The van der Waals surface area contributed by atoms with Gasteiger partial charge in [-0.25, -0.2) is 4.98 Å². The smallest absolute Gasteiger partial charge is 0.253 e. The molecule has 94 valence electrons. The summed E-state index contributed by atoms with van der Waals surface area (Å²) in [5.41, 5.74) is 8.71. The molecule has 0 spiro atoms. The van der Waals surface area contributed by atoms with Gasteiger partial charge in [0.15, 0.2) is 0 Å². The van der Waals surface area contributed by atoms with Crippen LogP contribution in [-0.2, 0) is 6.54 Å². The number of aromatic nitrogens is 1. The number of carbonyl (C=O) groups excluding carboxylic acids is 1. The maximum Gasteiger partial charge on any atom is 0.253 e. The number of thiazole rings is 1. The first-order valence-corrected chi connectivity index (χ1v) is 6.50. The van der Waals surface area contributed by atoms with Crippen LogP contribution in [0.15, 0.2) is 23.6 Å². The van der Waals surface area contributed by atoms with E-state index in [-0.39, 0.29) is 5.91 Å². The molecular weight excluding hydrogens is 246 g/mol. The second-order valence-corrected chi connectivity index (χ2v) is 5.14. The van der Waals surface area contributed by atoms with Crippen molar-refractivity contribution in [2.45, 2.75) is 20.4 Å². The van der Waals surface area contributed by atoms with Gasteiger partial charge in [0.05, 0.1) is 22.8 Å². The molecular formula is C13H15N3OS. The Morgan fingerprint density at radius 1 is 1.44 bits per heavy atom. The summed E-state index contributed by atoms with van der Waals surface area (Å²) in [6.07, 6.45) is 0. The Bertz CT molecular complexity index is 577. The number of para-hydroxylation sites is 1. The average Bonchev–Trinajstić information content (AvgIpc) is 2.76. The van der Waals surface area contributed by atoms with Crippen molar-refractivity contribution in [3.05, 3.63) is 45.4 Å². The van der Waals surface area contributed by atoms with Crippen LogP contribution in [0.25, 0.3) is 0 Å². The van der Waals surface area contributed by atoms with Gasteiger partial charge in [0.25, 0.3) is 5.91 Å². The molecule has 2 aromatic rings. The molecule has 0 radical (unpaired) electrons. The number of rotatable bonds is 3. The van der Waals surface area contributed by atoms with Gasteiger partial charge in [-0.2, -0.15) is 0 Å². The van der Waals surface area contributed by atoms with Crippen LogP contribution in [0.2, 0.25) is 0 Å². The van der Waals surface area contributed by atoms with Gasteiger partial charge in [-0.05, 0) is 25.5 Å². The van der Waals surface area contributed by atoms with Crippen LogP contribution < -0.4 is 11.1 Å². The van der Waals surface area contributed by atoms with Crippen molar-refractivity contribution in [3.8, 4) is 0 Å². The van der Waals surface area contributed by atoms with Gasteiger partial charge < -0.3 is 11.1 Å². The fourth-order valence-electron chi connectivity index (χ4n) is 1.63. The van der Waals surface area contributed by atoms with E-state index in [0.717, 1.165) is 16.3 Å². The molecule has 3 N–H and O–H groups in total. The maximum atomic E-state index is 12.0. The first kappa shape index (κ1) is 12.6. The molecule has 0 fully saturated rings. The van der Waals surface area contributed by atoms with E-state index in [1.807, 2.05) is 31.4 Å². The predicted octanol–water partition coefficient (Wildman–Crippen LogP) is 2.27. The van der Waals surface area contributed by atoms with Crippen molar-refractivity contribution >= 4 is 22.9 Å². The molecule has 18 heavy (non-hydrogen) atoms. The molecule has 1 heterocycles. The number of benzene rings is 1. The molecule has 0 atom stereocenters. The number of aryl methyl sites for hydroxylation is 2. The zero-order valence-electron chi connectivity index (χ0n) is 10.4. The number of nitrogens with one attached hydrogen (secondary N) is 1. The molecule has 0 bridgehead atoms. The number of hydrogen-bond donors (Lipinski definition) is 2. The van der Waals surface area contributed by atoms with E-state index in [2.05, 4.69) is 10.3 Å². The molecule has 1 amide bonds. The van der Waals surface area contributed by atoms with E-state index in [1.165, 1.54) is 0 Å². The fraction of sp³-hybridized carbons (Fsp3) is 0.231. The summed E-state index contributed by atoms with van der Waals surface area (Å²) >= 11 is 1.57. The molecule has 1 aromatic carbocycles. The average molecular weight is 261 g/mol. The third-order valence-corrected chi connectivity index (χ3v) is 3.49. The minimum atomic E-state index is -0.165. The minimum absolute atomic E-state index is 0.165. The van der Waals surface area contributed by atoms with Crippen molar-refractivity contribution in [1.29, 1.82) is 0 Å². The quantitative estimate of drug-likeness (QED) is 0.833. The van der Waals surface area contributed by atoms with Crippen molar-refractivity contribution in [2.75, 3.05) is 5.73 Å². The monoisotopic (exact) mass is 261 g/mol. The summed E-state index contributed by atoms with van der Waals surface area (Å²) < 4.78 is 0. The van der Waals surface area contributed by atoms with E-state index in [0.29, 0.717) is 17.8 Å². The number of amides is 1. The number of carbonyl (C=O) groups is 1. The third kappa shape index (κ3) is 2.68. The van der Waals surface area contributed by atoms with Crippen LogP contribution in [0.1, 0.15) is 26.6 Å². The van der Waals surface area contributed by atoms with E-state index in [9.17, 15) is 4.79 Å². The van der Waals surface area contributed by atoms with E-state index in [1.54, 1.807) is 17.4 Å². The highest BCUT2D eigenvalue weighted by molar-refractivity contribution is 7.09. The Labute approximate surface area is 110 Å². The lowest BCUT2D eigenvalue weighted by molar-refractivity contribution is 0.0951. The number of nitrogens with two attached hydrogens (primary N) is 1. The molecule has 2 rings (SSSR count). The molecule has 0 aliphatic carbocycles. The van der Waals surface area contributed by atoms with Gasteiger partial charge in [-0.15, -0.1) is 11.3 Å². The number of nitrogens with zero attached hydrogens (tertiary/aromatic N) is 1. The van der Waals surface area contributed by atoms with Gasteiger partial charge in [-0.1, -0.05) is 12.1 Å². The van der Waals surface area contributed by atoms with Crippen LogP contribution in [0.5, 0.6) is 0 Å². The first-order chi connectivity index (χ1) is 8.58. The molecule has 4 nitrogen and oxygen atoms in total. The maximum absolute atomic E-state index is 12.0. The Morgan fingerprint density at radius 3 is 2.89 bits per heavy atom. The Hall–Kier alpha value is -1.88. The number of anilines is 1. The fourth-order valence-corrected chi connectivity index (χ4v) is 2.25. The molecule has 0 saturated heterocycles. The van der Waals surface area contributed by atoms with Crippen molar-refractivity contribution in [3.63, 3.8) is 0 Å². The highest BCUT2D eigenvalue weighted by atomic mass is 32.1. The van der Waals surface area contributed by atoms with Gasteiger partial charge in [0, 0.05) is 11.1 Å². The molecule has 5 heteroatoms. The standard InChI is InChI=1S/C13H15N3OS/c1-8-4-3-5-11(12(8)14)13(17)15-6-10-7-18-9(2)16-10/h3-5,7H,6,14H2,1-2H3,(H,15,17). The summed E-state index contributed by atoms with van der Waals surface area (Å²) in [7, 11) is 0. The van der Waals surface area contributed by atoms with Gasteiger partial charge in [0.2, 0.25) is 0 Å². The zero-order chi connectivity index (χ0) is 13.1. The Kier molecular flexibility index (Phi) is 3.62. The molecule has 0 saturated carbocycles. The summed E-state index contributed by atoms with van der Waals surface area (Å²) in [6, 6.07) is 5.44. The third-order valence-electron chi connectivity index (χ3n) is 2.67. The number of hydrogen-bond acceptors (Lipinski definition) is 4. The highest BCUT2D eigenvalue weighted by Gasteiger charge is 2.10. The zero-order valence-corrected chi connectivity index (χ0v) is 11.2. The Balaban J connectivity index is 2.06. The molecule has 1 aromatic heterocycles. The van der Waals surface area contributed by atoms with Gasteiger partial charge in [0.1, 0.15) is 0 Å². The van der Waals surface area contributed by atoms with Crippen LogP contribution in [0.3, 0.4) is 0 Å². The normalized spacial score (nSPS) is 10.3. The second kappa shape index (κ2) is 5.18. The largest absolute Gasteiger partial charge is 0.398 e. The summed E-state index contributed by atoms with van der Waals surface area (Å²) in [6.45, 7) is 4.25. The SMILES string of the molecule is Cc1nc(CNC(=O)c2cccc(C)c2N)cs1. The minimum Gasteiger partial charge on any atom is -0.398 e. The van der Waals surface area contributed by atoms with Crippen LogP contribution in [0, 0.1) is 13.8 Å². The topological polar surface area (TPSA) is 68.0 Å². The van der Waals surface area contributed by atoms with Crippen molar-refractivity contribution in [1.82, 2.24) is 10.3 Å². The lowest BCUT2D eigenvalue weighted by Crippen LogP contribution is -2.24. The van der Waals surface area contributed by atoms with Gasteiger partial charge >= 0.3 is 0 Å². The summed E-state index contributed by atoms with van der Waals surface area (Å²) in [5.74, 6) is -0.165. The van der Waals surface area contributed by atoms with Crippen LogP contribution >= 0.6 is 11.3 Å². The molecule has 0 aliphatic rings. The summed E-state index contributed by atoms with van der Waals surface area (Å²) in [5, 5.41) is 5.76. The molecule has 0 aliphatic heterocycles. The van der Waals surface area contributed by atoms with Crippen molar-refractivity contribution in [2.24, 2.45) is 0 Å². The lowest BCUT2D eigenvalue weighted by Gasteiger charge is -2.08. The van der Waals surface area contributed by atoms with Crippen LogP contribution in [0.4, 0.5) is 5.69 Å². The predicted molar refractivity (Wildman–Crippen MR) is 73.6 cm³/mol. The highest BCUT2D eigenvalue weighted by Crippen LogP contribution is 2.16. The van der Waals surface area contributed by atoms with E-state index >= 15 is 0 Å². The Morgan fingerprint density at radius 2 is 2.22 bits per heavy atom. The van der Waals surface area contributed by atoms with E-state index in [4.69, 9.17) is 5.73 Å². The van der Waals surface area contributed by atoms with Gasteiger partial charge in [-0.3, -0.25) is 4.79 Å². The van der Waals surface area contributed by atoms with E-state index < -0.39 is 0 Å². The second-order valence-electron chi connectivity index (χ2n) is 4.08. The lowest BCUT2D eigenvalue weighted by atomic mass is 10.1. The molecule has 0 unspecified atom stereocenters. The first-order valence-electron chi connectivity index (χ1n) is 5.62. The van der Waals surface area contributed by atoms with Crippen LogP contribution in [-0.4, -0.2) is 10.9 Å². The summed E-state index contributed by atoms with van der Waals surface area (Å²) in [4.78, 5) is 16.3.